The molecule has 1 amide bonds. The average Bonchev–Trinajstić information content (AvgIpc) is 3.18. The lowest BCUT2D eigenvalue weighted by atomic mass is 10.0. The molecule has 1 saturated heterocycles. The monoisotopic (exact) mass is 416 g/mol. The van der Waals surface area contributed by atoms with Crippen molar-refractivity contribution in [3.63, 3.8) is 0 Å². The van der Waals surface area contributed by atoms with Gasteiger partial charge < -0.3 is 5.32 Å². The van der Waals surface area contributed by atoms with E-state index in [1.807, 2.05) is 31.2 Å². The molecule has 0 radical (unpaired) electrons. The third-order valence-electron chi connectivity index (χ3n) is 4.91. The largest absolute Gasteiger partial charge is 0.325 e. The van der Waals surface area contributed by atoms with Gasteiger partial charge in [-0.25, -0.2) is 8.42 Å². The summed E-state index contributed by atoms with van der Waals surface area (Å²) in [6.45, 7) is 2.28. The summed E-state index contributed by atoms with van der Waals surface area (Å²) in [7, 11) is -3.88. The molecule has 2 aromatic carbocycles. The van der Waals surface area contributed by atoms with Gasteiger partial charge in [-0.1, -0.05) is 30.2 Å². The fourth-order valence-corrected chi connectivity index (χ4v) is 5.84. The van der Waals surface area contributed by atoms with Crippen LogP contribution in [0.4, 0.5) is 5.69 Å². The van der Waals surface area contributed by atoms with E-state index in [2.05, 4.69) is 14.1 Å². The Morgan fingerprint density at radius 1 is 1.14 bits per heavy atom. The van der Waals surface area contributed by atoms with Crippen molar-refractivity contribution in [2.45, 2.75) is 37.1 Å². The summed E-state index contributed by atoms with van der Waals surface area (Å²) in [4.78, 5) is 13.0. The van der Waals surface area contributed by atoms with Crippen LogP contribution in [-0.2, 0) is 14.8 Å². The molecule has 7 nitrogen and oxygen atoms in total. The third-order valence-corrected chi connectivity index (χ3v) is 7.39. The number of anilines is 1. The smallest absolute Gasteiger partial charge is 0.246 e. The summed E-state index contributed by atoms with van der Waals surface area (Å²) in [6, 6.07) is 11.6. The highest BCUT2D eigenvalue weighted by atomic mass is 32.2. The number of aromatic nitrogens is 2. The Kier molecular flexibility index (Phi) is 5.13. The van der Waals surface area contributed by atoms with E-state index in [0.29, 0.717) is 29.7 Å². The zero-order valence-corrected chi connectivity index (χ0v) is 17.0. The molecule has 1 fully saturated rings. The van der Waals surface area contributed by atoms with Crippen LogP contribution in [0.3, 0.4) is 0 Å². The maximum atomic E-state index is 13.4. The number of hydrogen-bond donors (Lipinski definition) is 1. The summed E-state index contributed by atoms with van der Waals surface area (Å²) < 4.78 is 36.4. The number of piperidine rings is 1. The molecule has 2 heterocycles. The minimum absolute atomic E-state index is 0.105. The van der Waals surface area contributed by atoms with E-state index in [4.69, 9.17) is 0 Å². The lowest BCUT2D eigenvalue weighted by molar-refractivity contribution is -0.120. The highest BCUT2D eigenvalue weighted by Gasteiger charge is 2.38. The van der Waals surface area contributed by atoms with Crippen LogP contribution in [-0.4, -0.2) is 40.0 Å². The lowest BCUT2D eigenvalue weighted by Crippen LogP contribution is -2.49. The number of fused-ring (bicyclic) bond motifs is 1. The van der Waals surface area contributed by atoms with E-state index in [0.717, 1.165) is 30.1 Å². The highest BCUT2D eigenvalue weighted by Crippen LogP contribution is 2.30. The van der Waals surface area contributed by atoms with E-state index >= 15 is 0 Å². The lowest BCUT2D eigenvalue weighted by Gasteiger charge is -2.33. The van der Waals surface area contributed by atoms with Crippen LogP contribution in [0.25, 0.3) is 11.0 Å². The number of nitrogens with one attached hydrogen (secondary N) is 1. The maximum Gasteiger partial charge on any atom is 0.246 e. The number of hydrogen-bond acceptors (Lipinski definition) is 6. The Morgan fingerprint density at radius 3 is 2.71 bits per heavy atom. The van der Waals surface area contributed by atoms with Crippen LogP contribution in [0.5, 0.6) is 0 Å². The predicted octanol–water partition coefficient (Wildman–Crippen LogP) is 3.18. The molecule has 0 aliphatic carbocycles. The summed E-state index contributed by atoms with van der Waals surface area (Å²) in [6.07, 6.45) is 2.02. The number of carbonyl (C=O) groups excluding carboxylic acids is 1. The summed E-state index contributed by atoms with van der Waals surface area (Å²) in [5.74, 6) is -0.310. The second-order valence-corrected chi connectivity index (χ2v) is 9.26. The molecule has 1 N–H and O–H groups in total. The van der Waals surface area contributed by atoms with Gasteiger partial charge >= 0.3 is 0 Å². The first-order valence-electron chi connectivity index (χ1n) is 9.07. The molecule has 146 valence electrons. The van der Waals surface area contributed by atoms with Gasteiger partial charge in [-0.15, -0.1) is 0 Å². The molecule has 3 aromatic rings. The fourth-order valence-electron chi connectivity index (χ4n) is 3.43. The van der Waals surface area contributed by atoms with Gasteiger partial charge in [0.15, 0.2) is 0 Å². The third kappa shape index (κ3) is 3.52. The Labute approximate surface area is 167 Å². The van der Waals surface area contributed by atoms with E-state index in [-0.39, 0.29) is 10.8 Å². The standard InChI is InChI=1S/C19H20N4O3S2/c1-13-8-10-14(11-9-13)20-19(24)16-6-2-3-12-23(16)28(25,26)17-7-4-5-15-18(17)22-27-21-15/h4-5,7-11,16H,2-3,6,12H2,1H3,(H,20,24)/t16-/m0/s1. The van der Waals surface area contributed by atoms with Gasteiger partial charge in [0, 0.05) is 12.2 Å². The zero-order valence-electron chi connectivity index (χ0n) is 15.3. The molecular weight excluding hydrogens is 396 g/mol. The number of rotatable bonds is 4. The van der Waals surface area contributed by atoms with Gasteiger partial charge in [-0.2, -0.15) is 13.1 Å². The number of benzene rings is 2. The molecule has 1 aliphatic heterocycles. The van der Waals surface area contributed by atoms with Gasteiger partial charge in [-0.05, 0) is 44.0 Å². The fraction of sp³-hybridized carbons (Fsp3) is 0.316. The van der Waals surface area contributed by atoms with Crippen molar-refractivity contribution < 1.29 is 13.2 Å². The Balaban J connectivity index is 1.65. The van der Waals surface area contributed by atoms with Gasteiger partial charge in [0.25, 0.3) is 0 Å². The molecule has 4 rings (SSSR count). The van der Waals surface area contributed by atoms with Crippen molar-refractivity contribution in [1.82, 2.24) is 13.1 Å². The van der Waals surface area contributed by atoms with Crippen molar-refractivity contribution in [2.75, 3.05) is 11.9 Å². The second-order valence-electron chi connectivity index (χ2n) is 6.87. The first-order chi connectivity index (χ1) is 13.5. The first kappa shape index (κ1) is 19.0. The van der Waals surface area contributed by atoms with Crippen LogP contribution in [0.1, 0.15) is 24.8 Å². The van der Waals surface area contributed by atoms with Crippen LogP contribution >= 0.6 is 11.7 Å². The van der Waals surface area contributed by atoms with Crippen molar-refractivity contribution in [3.8, 4) is 0 Å². The SMILES string of the molecule is Cc1ccc(NC(=O)[C@@H]2CCCCN2S(=O)(=O)c2cccc3nsnc23)cc1. The molecule has 0 unspecified atom stereocenters. The zero-order chi connectivity index (χ0) is 19.7. The number of sulfonamides is 1. The average molecular weight is 417 g/mol. The van der Waals surface area contributed by atoms with Crippen molar-refractivity contribution in [1.29, 1.82) is 0 Å². The molecule has 1 aromatic heterocycles. The van der Waals surface area contributed by atoms with E-state index in [1.54, 1.807) is 12.1 Å². The molecule has 1 atom stereocenters. The summed E-state index contributed by atoms with van der Waals surface area (Å²) >= 11 is 0.978. The molecule has 0 saturated carbocycles. The van der Waals surface area contributed by atoms with Crippen LogP contribution in [0.2, 0.25) is 0 Å². The molecule has 0 bridgehead atoms. The Bertz CT molecular complexity index is 1110. The Hall–Kier alpha value is -2.36. The first-order valence-corrected chi connectivity index (χ1v) is 11.2. The molecular formula is C19H20N4O3S2. The molecule has 1 aliphatic rings. The van der Waals surface area contributed by atoms with Crippen molar-refractivity contribution >= 4 is 44.4 Å². The minimum Gasteiger partial charge on any atom is -0.325 e. The van der Waals surface area contributed by atoms with Gasteiger partial charge in [0.1, 0.15) is 22.0 Å². The van der Waals surface area contributed by atoms with Gasteiger partial charge in [-0.3, -0.25) is 4.79 Å². The molecule has 9 heteroatoms. The predicted molar refractivity (Wildman–Crippen MR) is 109 cm³/mol. The van der Waals surface area contributed by atoms with Crippen LogP contribution in [0.15, 0.2) is 47.4 Å². The Morgan fingerprint density at radius 2 is 1.93 bits per heavy atom. The maximum absolute atomic E-state index is 13.4. The van der Waals surface area contributed by atoms with Crippen LogP contribution < -0.4 is 5.32 Å². The number of aryl methyl sites for hydroxylation is 1. The normalized spacial score (nSPS) is 18.2. The van der Waals surface area contributed by atoms with E-state index in [1.165, 1.54) is 10.4 Å². The van der Waals surface area contributed by atoms with Crippen LogP contribution in [0, 0.1) is 6.92 Å². The second kappa shape index (κ2) is 7.57. The number of nitrogens with zero attached hydrogens (tertiary/aromatic N) is 3. The highest BCUT2D eigenvalue weighted by molar-refractivity contribution is 7.89. The van der Waals surface area contributed by atoms with E-state index in [9.17, 15) is 13.2 Å². The van der Waals surface area contributed by atoms with Gasteiger partial charge in [0.2, 0.25) is 15.9 Å². The minimum atomic E-state index is -3.88. The number of amides is 1. The van der Waals surface area contributed by atoms with E-state index < -0.39 is 16.1 Å². The topological polar surface area (TPSA) is 92.3 Å². The molecule has 28 heavy (non-hydrogen) atoms. The quantitative estimate of drug-likeness (QED) is 0.705. The summed E-state index contributed by atoms with van der Waals surface area (Å²) in [5, 5.41) is 2.85. The van der Waals surface area contributed by atoms with Crippen molar-refractivity contribution in [2.24, 2.45) is 0 Å². The van der Waals surface area contributed by atoms with Gasteiger partial charge in [0.05, 0.1) is 11.7 Å². The van der Waals surface area contributed by atoms with Crippen molar-refractivity contribution in [3.05, 3.63) is 48.0 Å². The summed E-state index contributed by atoms with van der Waals surface area (Å²) in [5.41, 5.74) is 2.65. The number of carbonyl (C=O) groups is 1. The molecule has 0 spiro atoms.